The van der Waals surface area contributed by atoms with Gasteiger partial charge in [-0.05, 0) is 55.5 Å². The average Bonchev–Trinajstić information content (AvgIpc) is 3.29. The number of aliphatic hydroxyl groups is 1. The molecule has 0 aliphatic carbocycles. The summed E-state index contributed by atoms with van der Waals surface area (Å²) in [5, 5.41) is 13.8. The number of hydrogen-bond acceptors (Lipinski definition) is 7. The van der Waals surface area contributed by atoms with Crippen molar-refractivity contribution < 1.29 is 36.9 Å². The summed E-state index contributed by atoms with van der Waals surface area (Å²) in [7, 11) is 1.38. The number of nitrogens with zero attached hydrogens (tertiary/aromatic N) is 2. The third kappa shape index (κ3) is 5.59. The van der Waals surface area contributed by atoms with E-state index in [-0.39, 0.29) is 40.5 Å². The first-order chi connectivity index (χ1) is 19.8. The molecule has 0 saturated carbocycles. The van der Waals surface area contributed by atoms with Crippen LogP contribution in [-0.4, -0.2) is 47.4 Å². The van der Waals surface area contributed by atoms with Gasteiger partial charge in [-0.3, -0.25) is 9.78 Å². The van der Waals surface area contributed by atoms with E-state index in [2.05, 4.69) is 15.3 Å². The Balaban J connectivity index is 0.00000198. The molecule has 222 valence electrons. The molecule has 0 fully saturated rings. The van der Waals surface area contributed by atoms with Gasteiger partial charge >= 0.3 is 6.18 Å². The van der Waals surface area contributed by atoms with E-state index in [1.54, 1.807) is 19.1 Å². The maximum atomic E-state index is 14.5. The van der Waals surface area contributed by atoms with Crippen molar-refractivity contribution in [3.8, 4) is 22.8 Å². The molecule has 4 N–H and O–H groups in total. The molecule has 42 heavy (non-hydrogen) atoms. The fraction of sp³-hybridized carbons (Fsp3) is 0.300. The second-order valence-corrected chi connectivity index (χ2v) is 9.74. The fourth-order valence-electron chi connectivity index (χ4n) is 4.51. The molecule has 0 saturated heterocycles. The lowest BCUT2D eigenvalue weighted by molar-refractivity contribution is -0.265. The number of fused-ring (bicyclic) bond motifs is 2. The fourth-order valence-corrected chi connectivity index (χ4v) is 4.51. The van der Waals surface area contributed by atoms with Crippen molar-refractivity contribution in [3.63, 3.8) is 0 Å². The van der Waals surface area contributed by atoms with Crippen LogP contribution in [0.15, 0.2) is 60.8 Å². The summed E-state index contributed by atoms with van der Waals surface area (Å²) in [6.07, 6.45) is -3.73. The summed E-state index contributed by atoms with van der Waals surface area (Å²) in [5.74, 6) is -1.07. The van der Waals surface area contributed by atoms with Gasteiger partial charge in [0.15, 0.2) is 5.75 Å². The van der Waals surface area contributed by atoms with Crippen LogP contribution in [0.2, 0.25) is 0 Å². The van der Waals surface area contributed by atoms with Crippen LogP contribution in [0.25, 0.3) is 22.2 Å². The highest BCUT2D eigenvalue weighted by atomic mass is 19.4. The zero-order valence-corrected chi connectivity index (χ0v) is 23.3. The summed E-state index contributed by atoms with van der Waals surface area (Å²) in [4.78, 5) is 21.3. The minimum atomic E-state index is -5.27. The Morgan fingerprint density at radius 2 is 1.86 bits per heavy atom. The van der Waals surface area contributed by atoms with Crippen molar-refractivity contribution in [2.75, 3.05) is 20.3 Å². The number of halogens is 4. The molecule has 1 aliphatic rings. The SMILES string of the molecule is CC.COc1cc(C(=O)NCC(O)(c2cc3c(c(-c4ccc(F)cc4)n2)OCC3(C)N)C(F)(F)F)cc2cccnc12. The van der Waals surface area contributed by atoms with E-state index >= 15 is 0 Å². The van der Waals surface area contributed by atoms with E-state index < -0.39 is 41.3 Å². The zero-order valence-electron chi connectivity index (χ0n) is 23.3. The summed E-state index contributed by atoms with van der Waals surface area (Å²) in [6.45, 7) is 4.24. The average molecular weight is 587 g/mol. The predicted octanol–water partition coefficient (Wildman–Crippen LogP) is 5.22. The van der Waals surface area contributed by atoms with Crippen molar-refractivity contribution in [3.05, 3.63) is 83.4 Å². The van der Waals surface area contributed by atoms with Crippen molar-refractivity contribution in [1.82, 2.24) is 15.3 Å². The Morgan fingerprint density at radius 1 is 1.17 bits per heavy atom. The Kier molecular flexibility index (Phi) is 8.42. The van der Waals surface area contributed by atoms with E-state index in [0.29, 0.717) is 10.9 Å². The first kappa shape index (κ1) is 30.7. The molecule has 0 bridgehead atoms. The number of carbonyl (C=O) groups excluding carboxylic acids is 1. The quantitative estimate of drug-likeness (QED) is 0.265. The van der Waals surface area contributed by atoms with Gasteiger partial charge in [0.25, 0.3) is 5.91 Å². The predicted molar refractivity (Wildman–Crippen MR) is 149 cm³/mol. The molecule has 1 aliphatic heterocycles. The topological polar surface area (TPSA) is 120 Å². The maximum absolute atomic E-state index is 14.5. The van der Waals surface area contributed by atoms with E-state index in [1.165, 1.54) is 37.6 Å². The van der Waals surface area contributed by atoms with Gasteiger partial charge in [-0.1, -0.05) is 19.9 Å². The largest absolute Gasteiger partial charge is 0.494 e. The van der Waals surface area contributed by atoms with Gasteiger partial charge in [-0.2, -0.15) is 13.2 Å². The third-order valence-electron chi connectivity index (χ3n) is 6.77. The lowest BCUT2D eigenvalue weighted by Gasteiger charge is -2.31. The molecule has 5 rings (SSSR count). The minimum absolute atomic E-state index is 0.00118. The van der Waals surface area contributed by atoms with Crippen LogP contribution in [-0.2, 0) is 11.1 Å². The number of aromatic nitrogens is 2. The van der Waals surface area contributed by atoms with Crippen LogP contribution in [0, 0.1) is 5.82 Å². The minimum Gasteiger partial charge on any atom is -0.494 e. The van der Waals surface area contributed by atoms with Gasteiger partial charge < -0.3 is 25.6 Å². The summed E-state index contributed by atoms with van der Waals surface area (Å²) in [6, 6.07) is 12.0. The van der Waals surface area contributed by atoms with Crippen molar-refractivity contribution in [2.45, 2.75) is 38.1 Å². The molecule has 2 aromatic heterocycles. The molecule has 2 aromatic carbocycles. The number of rotatable bonds is 6. The monoisotopic (exact) mass is 586 g/mol. The van der Waals surface area contributed by atoms with E-state index in [4.69, 9.17) is 15.2 Å². The first-order valence-electron chi connectivity index (χ1n) is 13.1. The van der Waals surface area contributed by atoms with Gasteiger partial charge in [-0.25, -0.2) is 9.37 Å². The van der Waals surface area contributed by atoms with Crippen LogP contribution < -0.4 is 20.5 Å². The highest BCUT2D eigenvalue weighted by Crippen LogP contribution is 2.46. The Morgan fingerprint density at radius 3 is 2.50 bits per heavy atom. The van der Waals surface area contributed by atoms with E-state index in [1.807, 2.05) is 13.8 Å². The number of benzene rings is 2. The number of nitrogens with two attached hydrogens (primary N) is 1. The molecular formula is C30H30F4N4O4. The third-order valence-corrected chi connectivity index (χ3v) is 6.77. The van der Waals surface area contributed by atoms with Gasteiger partial charge in [0.05, 0.1) is 24.9 Å². The highest BCUT2D eigenvalue weighted by molar-refractivity contribution is 5.99. The zero-order chi connectivity index (χ0) is 30.9. The van der Waals surface area contributed by atoms with E-state index in [9.17, 15) is 27.5 Å². The number of alkyl halides is 3. The lowest BCUT2D eigenvalue weighted by Crippen LogP contribution is -2.51. The van der Waals surface area contributed by atoms with Crippen LogP contribution in [0.3, 0.4) is 0 Å². The van der Waals surface area contributed by atoms with E-state index in [0.717, 1.165) is 18.2 Å². The number of carbonyl (C=O) groups is 1. The van der Waals surface area contributed by atoms with Crippen molar-refractivity contribution in [2.24, 2.45) is 5.73 Å². The van der Waals surface area contributed by atoms with Crippen LogP contribution in [0.5, 0.6) is 11.5 Å². The lowest BCUT2D eigenvalue weighted by atomic mass is 9.89. The number of amides is 1. The standard InChI is InChI=1S/C28H24F4N4O4.C2H6/c1-26(33)14-40-24-19(26)12-21(36-23(24)15-5-7-18(29)8-6-15)27(38,28(30,31)32)13-35-25(37)17-10-16-4-3-9-34-22(16)20(11-17)39-2;1-2/h3-12,38H,13-14,33H2,1-2H3,(H,35,37);1-2H3. The number of hydrogen-bond donors (Lipinski definition) is 3. The normalized spacial score (nSPS) is 17.4. The molecule has 3 heterocycles. The number of nitrogens with one attached hydrogen (secondary N) is 1. The maximum Gasteiger partial charge on any atom is 0.424 e. The van der Waals surface area contributed by atoms with Crippen LogP contribution in [0.4, 0.5) is 17.6 Å². The first-order valence-corrected chi connectivity index (χ1v) is 13.1. The molecule has 0 radical (unpaired) electrons. The molecule has 1 amide bonds. The number of ether oxygens (including phenoxy) is 2. The highest BCUT2D eigenvalue weighted by Gasteiger charge is 2.57. The summed E-state index contributed by atoms with van der Waals surface area (Å²) < 4.78 is 68.1. The molecular weight excluding hydrogens is 556 g/mol. The Hall–Kier alpha value is -4.29. The smallest absolute Gasteiger partial charge is 0.424 e. The summed E-state index contributed by atoms with van der Waals surface area (Å²) >= 11 is 0. The van der Waals surface area contributed by atoms with Crippen LogP contribution >= 0.6 is 0 Å². The number of methoxy groups -OCH3 is 1. The van der Waals surface area contributed by atoms with Gasteiger partial charge in [0, 0.05) is 28.3 Å². The van der Waals surface area contributed by atoms with Crippen molar-refractivity contribution in [1.29, 1.82) is 0 Å². The molecule has 4 aromatic rings. The Labute approximate surface area is 239 Å². The summed E-state index contributed by atoms with van der Waals surface area (Å²) in [5.41, 5.74) is 1.51. The van der Waals surface area contributed by atoms with Crippen LogP contribution in [0.1, 0.15) is 42.4 Å². The molecule has 8 nitrogen and oxygen atoms in total. The number of pyridine rings is 2. The molecule has 2 atom stereocenters. The molecule has 0 spiro atoms. The second kappa shape index (κ2) is 11.5. The van der Waals surface area contributed by atoms with Gasteiger partial charge in [-0.15, -0.1) is 0 Å². The van der Waals surface area contributed by atoms with Gasteiger partial charge in [0.1, 0.15) is 29.4 Å². The second-order valence-electron chi connectivity index (χ2n) is 9.74. The molecule has 2 unspecified atom stereocenters. The Bertz CT molecular complexity index is 1610. The van der Waals surface area contributed by atoms with Crippen molar-refractivity contribution >= 4 is 16.8 Å². The van der Waals surface area contributed by atoms with Gasteiger partial charge in [0.2, 0.25) is 5.60 Å². The molecule has 12 heteroatoms.